The van der Waals surface area contributed by atoms with Crippen LogP contribution in [0.2, 0.25) is 0 Å². The van der Waals surface area contributed by atoms with Gasteiger partial charge in [0, 0.05) is 23.8 Å². The van der Waals surface area contributed by atoms with Gasteiger partial charge >= 0.3 is 0 Å². The van der Waals surface area contributed by atoms with E-state index in [1.165, 1.54) is 71.7 Å². The molecule has 0 unspecified atom stereocenters. The second-order valence-corrected chi connectivity index (χ2v) is 10.3. The largest absolute Gasteiger partial charge is 0.365 e. The number of hydrogen-bond acceptors (Lipinski definition) is 1. The lowest BCUT2D eigenvalue weighted by molar-refractivity contribution is 1.20. The van der Waals surface area contributed by atoms with Crippen molar-refractivity contribution in [1.82, 2.24) is 9.97 Å². The van der Waals surface area contributed by atoms with Crippen LogP contribution in [0.15, 0.2) is 128 Å². The number of aromatic nitrogens is 2. The Labute approximate surface area is 228 Å². The van der Waals surface area contributed by atoms with Crippen LogP contribution in [-0.4, -0.2) is 9.97 Å². The summed E-state index contributed by atoms with van der Waals surface area (Å²) >= 11 is 0. The van der Waals surface area contributed by atoms with E-state index in [4.69, 9.17) is 0 Å². The van der Waals surface area contributed by atoms with Crippen molar-refractivity contribution in [2.75, 3.05) is 0 Å². The smallest absolute Gasteiger partial charge is 0.0378 e. The first-order valence-electron chi connectivity index (χ1n) is 13.4. The van der Waals surface area contributed by atoms with E-state index in [0.717, 1.165) is 5.69 Å². The molecule has 0 atom stereocenters. The topological polar surface area (TPSA) is 28.7 Å². The summed E-state index contributed by atoms with van der Waals surface area (Å²) < 4.78 is 0. The van der Waals surface area contributed by atoms with Crippen molar-refractivity contribution in [3.05, 3.63) is 139 Å². The molecule has 2 aromatic heterocycles. The summed E-state index contributed by atoms with van der Waals surface area (Å²) in [6.07, 6.45) is 3.95. The average Bonchev–Trinajstić information content (AvgIpc) is 3.42. The molecule has 2 heteroatoms. The van der Waals surface area contributed by atoms with Gasteiger partial charge in [-0.1, -0.05) is 97.1 Å². The van der Waals surface area contributed by atoms with E-state index in [1.807, 2.05) is 13.1 Å². The van der Waals surface area contributed by atoms with Crippen molar-refractivity contribution in [2.24, 2.45) is 0 Å². The first-order chi connectivity index (χ1) is 19.2. The van der Waals surface area contributed by atoms with Gasteiger partial charge < -0.3 is 4.98 Å². The minimum Gasteiger partial charge on any atom is -0.365 e. The van der Waals surface area contributed by atoms with Gasteiger partial charge in [-0.25, -0.2) is 0 Å². The molecule has 7 aromatic rings. The molecule has 39 heavy (non-hydrogen) atoms. The molecule has 186 valence electrons. The fraction of sp³-hybridized carbons (Fsp3) is 0.0541. The molecule has 0 aliphatic heterocycles. The summed E-state index contributed by atoms with van der Waals surface area (Å²) in [6, 6.07) is 42.0. The molecule has 0 radical (unpaired) electrons. The van der Waals surface area contributed by atoms with Crippen LogP contribution in [0.25, 0.3) is 66.1 Å². The molecule has 0 saturated heterocycles. The van der Waals surface area contributed by atoms with Crippen LogP contribution in [-0.2, 0) is 0 Å². The molecule has 2 nitrogen and oxygen atoms in total. The highest BCUT2D eigenvalue weighted by atomic mass is 14.7. The second-order valence-electron chi connectivity index (χ2n) is 10.3. The van der Waals surface area contributed by atoms with Crippen molar-refractivity contribution in [3.63, 3.8) is 0 Å². The van der Waals surface area contributed by atoms with Gasteiger partial charge in [-0.05, 0) is 98.1 Å². The van der Waals surface area contributed by atoms with Crippen molar-refractivity contribution < 1.29 is 0 Å². The monoisotopic (exact) mass is 500 g/mol. The SMILES string of the molecule is Cc1cc(-c2ccc(-c3c4ccccc4c(-c4ccc(-c5c[nH]c(C)c5)cc4)c4ccccc34)cc2)ccn1. The van der Waals surface area contributed by atoms with Gasteiger partial charge in [0.25, 0.3) is 0 Å². The Kier molecular flexibility index (Phi) is 5.60. The number of aryl methyl sites for hydroxylation is 2. The van der Waals surface area contributed by atoms with E-state index in [-0.39, 0.29) is 0 Å². The van der Waals surface area contributed by atoms with Gasteiger partial charge in [-0.2, -0.15) is 0 Å². The van der Waals surface area contributed by atoms with E-state index >= 15 is 0 Å². The standard InChI is InChI=1S/C37H28N2/c1-24-21-30(19-20-38-24)26-11-15-28(16-12-26)36-32-7-3-5-9-34(32)37(35-10-6-4-8-33(35)36)29-17-13-27(14-18-29)31-22-25(2)39-23-31/h3-23,39H,1-2H3. The average molecular weight is 501 g/mol. The molecule has 0 aliphatic rings. The van der Waals surface area contributed by atoms with Gasteiger partial charge in [-0.15, -0.1) is 0 Å². The molecule has 2 heterocycles. The molecular formula is C37H28N2. The third kappa shape index (κ3) is 4.11. The van der Waals surface area contributed by atoms with Crippen LogP contribution >= 0.6 is 0 Å². The predicted octanol–water partition coefficient (Wildman–Crippen LogP) is 10.0. The van der Waals surface area contributed by atoms with Crippen LogP contribution in [0.4, 0.5) is 0 Å². The van der Waals surface area contributed by atoms with Crippen LogP contribution in [0, 0.1) is 13.8 Å². The number of nitrogens with zero attached hydrogens (tertiary/aromatic N) is 1. The number of nitrogens with one attached hydrogen (secondary N) is 1. The summed E-state index contributed by atoms with van der Waals surface area (Å²) in [4.78, 5) is 7.65. The maximum Gasteiger partial charge on any atom is 0.0378 e. The van der Waals surface area contributed by atoms with Crippen LogP contribution in [0.1, 0.15) is 11.4 Å². The van der Waals surface area contributed by atoms with Gasteiger partial charge in [0.1, 0.15) is 0 Å². The Hall–Kier alpha value is -4.95. The lowest BCUT2D eigenvalue weighted by Gasteiger charge is -2.18. The van der Waals surface area contributed by atoms with Crippen LogP contribution in [0.5, 0.6) is 0 Å². The van der Waals surface area contributed by atoms with E-state index in [1.54, 1.807) is 0 Å². The summed E-state index contributed by atoms with van der Waals surface area (Å²) in [5, 5.41) is 5.07. The Morgan fingerprint density at radius 3 is 1.36 bits per heavy atom. The van der Waals surface area contributed by atoms with Crippen LogP contribution < -0.4 is 0 Å². The Bertz CT molecular complexity index is 1900. The van der Waals surface area contributed by atoms with Crippen molar-refractivity contribution in [1.29, 1.82) is 0 Å². The first kappa shape index (κ1) is 23.2. The quantitative estimate of drug-likeness (QED) is 0.239. The Morgan fingerprint density at radius 1 is 0.462 bits per heavy atom. The molecule has 0 aliphatic carbocycles. The highest BCUT2D eigenvalue weighted by molar-refractivity contribution is 6.21. The molecule has 0 saturated carbocycles. The number of pyridine rings is 1. The minimum absolute atomic E-state index is 1.03. The number of hydrogen-bond donors (Lipinski definition) is 1. The van der Waals surface area contributed by atoms with Crippen molar-refractivity contribution >= 4 is 21.5 Å². The third-order valence-corrected chi connectivity index (χ3v) is 7.67. The molecule has 5 aromatic carbocycles. The molecule has 0 fully saturated rings. The molecule has 1 N–H and O–H groups in total. The second kappa shape index (κ2) is 9.41. The van der Waals surface area contributed by atoms with Gasteiger partial charge in [0.2, 0.25) is 0 Å². The zero-order valence-electron chi connectivity index (χ0n) is 22.1. The fourth-order valence-corrected chi connectivity index (χ4v) is 5.81. The minimum atomic E-state index is 1.03. The summed E-state index contributed by atoms with van der Waals surface area (Å²) in [7, 11) is 0. The zero-order chi connectivity index (χ0) is 26.3. The molecule has 7 rings (SSSR count). The van der Waals surface area contributed by atoms with Crippen molar-refractivity contribution in [3.8, 4) is 44.5 Å². The van der Waals surface area contributed by atoms with E-state index in [0.29, 0.717) is 0 Å². The highest BCUT2D eigenvalue weighted by Crippen LogP contribution is 2.44. The van der Waals surface area contributed by atoms with E-state index in [2.05, 4.69) is 138 Å². The number of fused-ring (bicyclic) bond motifs is 2. The number of aromatic amines is 1. The number of rotatable bonds is 4. The summed E-state index contributed by atoms with van der Waals surface area (Å²) in [5.74, 6) is 0. The zero-order valence-corrected chi connectivity index (χ0v) is 22.1. The fourth-order valence-electron chi connectivity index (χ4n) is 5.81. The highest BCUT2D eigenvalue weighted by Gasteiger charge is 2.16. The number of benzene rings is 5. The predicted molar refractivity (Wildman–Crippen MR) is 165 cm³/mol. The summed E-state index contributed by atoms with van der Waals surface area (Å²) in [6.45, 7) is 4.12. The van der Waals surface area contributed by atoms with Crippen molar-refractivity contribution in [2.45, 2.75) is 13.8 Å². The van der Waals surface area contributed by atoms with Gasteiger partial charge in [0.15, 0.2) is 0 Å². The lowest BCUT2D eigenvalue weighted by Crippen LogP contribution is -1.91. The molecule has 0 amide bonds. The maximum absolute atomic E-state index is 4.35. The van der Waals surface area contributed by atoms with E-state index < -0.39 is 0 Å². The molecule has 0 spiro atoms. The van der Waals surface area contributed by atoms with Gasteiger partial charge in [-0.3, -0.25) is 4.98 Å². The summed E-state index contributed by atoms with van der Waals surface area (Å²) in [5.41, 5.74) is 12.0. The lowest BCUT2D eigenvalue weighted by atomic mass is 9.85. The Balaban J connectivity index is 1.41. The van der Waals surface area contributed by atoms with E-state index in [9.17, 15) is 0 Å². The molecule has 0 bridgehead atoms. The Morgan fingerprint density at radius 2 is 0.923 bits per heavy atom. The normalized spacial score (nSPS) is 11.3. The number of H-pyrrole nitrogens is 1. The molecular weight excluding hydrogens is 472 g/mol. The van der Waals surface area contributed by atoms with Gasteiger partial charge in [0.05, 0.1) is 0 Å². The third-order valence-electron chi connectivity index (χ3n) is 7.67. The first-order valence-corrected chi connectivity index (χ1v) is 13.4. The van der Waals surface area contributed by atoms with Crippen LogP contribution in [0.3, 0.4) is 0 Å². The maximum atomic E-state index is 4.35.